The van der Waals surface area contributed by atoms with Crippen molar-refractivity contribution in [1.82, 2.24) is 9.47 Å². The van der Waals surface area contributed by atoms with Crippen LogP contribution in [0.1, 0.15) is 48.9 Å². The van der Waals surface area contributed by atoms with Gasteiger partial charge in [0.15, 0.2) is 0 Å². The molecule has 0 bridgehead atoms. The summed E-state index contributed by atoms with van der Waals surface area (Å²) >= 11 is 0. The average molecular weight is 555 g/mol. The van der Waals surface area contributed by atoms with E-state index in [0.29, 0.717) is 11.1 Å². The Labute approximate surface area is 239 Å². The molecule has 212 valence electrons. The first-order valence-corrected chi connectivity index (χ1v) is 13.6. The lowest BCUT2D eigenvalue weighted by atomic mass is 9.98. The molecule has 1 heterocycles. The predicted octanol–water partition coefficient (Wildman–Crippen LogP) is 6.61. The van der Waals surface area contributed by atoms with Gasteiger partial charge in [0.05, 0.1) is 5.52 Å². The van der Waals surface area contributed by atoms with E-state index in [9.17, 15) is 19.5 Å². The SMILES string of the molecule is Cc1ccc2c(c1)c(C[C@@H](C(=O)O)N(C)C(=O)OCC1c3ccccc3-c3ccccc31)cn2C(=O)OC(C)(C)C. The summed E-state index contributed by atoms with van der Waals surface area (Å²) in [5.41, 5.74) is 5.83. The molecule has 1 atom stereocenters. The lowest BCUT2D eigenvalue weighted by Gasteiger charge is -2.25. The summed E-state index contributed by atoms with van der Waals surface area (Å²) < 4.78 is 12.7. The van der Waals surface area contributed by atoms with E-state index in [2.05, 4.69) is 12.1 Å². The number of fused-ring (bicyclic) bond motifs is 4. The van der Waals surface area contributed by atoms with E-state index in [1.54, 1.807) is 27.0 Å². The van der Waals surface area contributed by atoms with Gasteiger partial charge < -0.3 is 14.6 Å². The molecule has 0 unspecified atom stereocenters. The van der Waals surface area contributed by atoms with Gasteiger partial charge in [-0.15, -0.1) is 0 Å². The maximum atomic E-state index is 13.2. The Kier molecular flexibility index (Phi) is 7.34. The zero-order valence-corrected chi connectivity index (χ0v) is 23.9. The maximum absolute atomic E-state index is 13.2. The Balaban J connectivity index is 1.37. The van der Waals surface area contributed by atoms with E-state index in [0.717, 1.165) is 38.1 Å². The Bertz CT molecular complexity index is 1600. The summed E-state index contributed by atoms with van der Waals surface area (Å²) in [7, 11) is 1.43. The topological polar surface area (TPSA) is 98.1 Å². The highest BCUT2D eigenvalue weighted by atomic mass is 16.6. The van der Waals surface area contributed by atoms with Gasteiger partial charge in [-0.1, -0.05) is 60.2 Å². The van der Waals surface area contributed by atoms with E-state index < -0.39 is 29.8 Å². The highest BCUT2D eigenvalue weighted by molar-refractivity contribution is 5.93. The van der Waals surface area contributed by atoms with Gasteiger partial charge in [0.2, 0.25) is 0 Å². The number of carbonyl (C=O) groups is 3. The van der Waals surface area contributed by atoms with Crippen molar-refractivity contribution in [2.75, 3.05) is 13.7 Å². The first-order chi connectivity index (χ1) is 19.4. The second-order valence-electron chi connectivity index (χ2n) is 11.5. The normalized spacial score (nSPS) is 13.4. The minimum absolute atomic E-state index is 0.0220. The molecule has 1 aromatic heterocycles. The molecular formula is C33H34N2O6. The fraction of sp³-hybridized carbons (Fsp3) is 0.303. The second kappa shape index (κ2) is 10.8. The summed E-state index contributed by atoms with van der Waals surface area (Å²) in [5.74, 6) is -1.32. The Morgan fingerprint density at radius 3 is 2.17 bits per heavy atom. The number of nitrogens with zero attached hydrogens (tertiary/aromatic N) is 2. The Morgan fingerprint density at radius 1 is 0.976 bits per heavy atom. The van der Waals surface area contributed by atoms with Crippen LogP contribution in [0.15, 0.2) is 72.9 Å². The van der Waals surface area contributed by atoms with E-state index in [-0.39, 0.29) is 18.9 Å². The number of hydrogen-bond donors (Lipinski definition) is 1. The lowest BCUT2D eigenvalue weighted by Crippen LogP contribution is -2.44. The third-order valence-electron chi connectivity index (χ3n) is 7.42. The molecular weight excluding hydrogens is 520 g/mol. The Morgan fingerprint density at radius 2 is 1.59 bits per heavy atom. The number of likely N-dealkylation sites (N-methyl/N-ethyl adjacent to an activating group) is 1. The van der Waals surface area contributed by atoms with Crippen molar-refractivity contribution in [3.05, 3.63) is 95.2 Å². The van der Waals surface area contributed by atoms with Crippen LogP contribution in [0.25, 0.3) is 22.0 Å². The first kappa shape index (κ1) is 28.0. The molecule has 1 amide bonds. The molecule has 1 N–H and O–H groups in total. The van der Waals surface area contributed by atoms with Gasteiger partial charge in [0.25, 0.3) is 0 Å². The third kappa shape index (κ3) is 5.55. The first-order valence-electron chi connectivity index (χ1n) is 13.6. The largest absolute Gasteiger partial charge is 0.480 e. The molecule has 0 saturated heterocycles. The van der Waals surface area contributed by atoms with Crippen LogP contribution < -0.4 is 0 Å². The molecule has 0 aliphatic heterocycles. The summed E-state index contributed by atoms with van der Waals surface area (Å²) in [4.78, 5) is 39.7. The van der Waals surface area contributed by atoms with Gasteiger partial charge in [0, 0.05) is 31.0 Å². The molecule has 5 rings (SSSR count). The van der Waals surface area contributed by atoms with Crippen molar-refractivity contribution in [3.8, 4) is 11.1 Å². The smallest absolute Gasteiger partial charge is 0.419 e. The lowest BCUT2D eigenvalue weighted by molar-refractivity contribution is -0.142. The molecule has 0 saturated carbocycles. The van der Waals surface area contributed by atoms with Crippen LogP contribution in [0.4, 0.5) is 9.59 Å². The van der Waals surface area contributed by atoms with Crippen LogP contribution in [-0.4, -0.2) is 58.0 Å². The summed E-state index contributed by atoms with van der Waals surface area (Å²) in [6, 6.07) is 20.4. The number of carboxylic acid groups (broad SMARTS) is 1. The van der Waals surface area contributed by atoms with E-state index >= 15 is 0 Å². The fourth-order valence-corrected chi connectivity index (χ4v) is 5.46. The molecule has 8 nitrogen and oxygen atoms in total. The minimum atomic E-state index is -1.22. The average Bonchev–Trinajstić information content (AvgIpc) is 3.44. The molecule has 8 heteroatoms. The van der Waals surface area contributed by atoms with Crippen LogP contribution in [0, 0.1) is 6.92 Å². The molecule has 3 aromatic carbocycles. The maximum Gasteiger partial charge on any atom is 0.419 e. The van der Waals surface area contributed by atoms with Gasteiger partial charge >= 0.3 is 18.2 Å². The predicted molar refractivity (Wildman–Crippen MR) is 156 cm³/mol. The van der Waals surface area contributed by atoms with Crippen molar-refractivity contribution in [1.29, 1.82) is 0 Å². The third-order valence-corrected chi connectivity index (χ3v) is 7.42. The fourth-order valence-electron chi connectivity index (χ4n) is 5.46. The minimum Gasteiger partial charge on any atom is -0.480 e. The number of hydrogen-bond acceptors (Lipinski definition) is 5. The summed E-state index contributed by atoms with van der Waals surface area (Å²) in [5, 5.41) is 10.9. The van der Waals surface area contributed by atoms with Gasteiger partial charge in [0.1, 0.15) is 18.2 Å². The van der Waals surface area contributed by atoms with Crippen LogP contribution >= 0.6 is 0 Å². The van der Waals surface area contributed by atoms with E-state index in [4.69, 9.17) is 9.47 Å². The van der Waals surface area contributed by atoms with Gasteiger partial charge in [-0.05, 0) is 67.6 Å². The molecule has 1 aliphatic carbocycles. The quantitative estimate of drug-likeness (QED) is 0.288. The number of carbonyl (C=O) groups excluding carboxylic acids is 2. The van der Waals surface area contributed by atoms with Crippen LogP contribution in [0.3, 0.4) is 0 Å². The summed E-state index contributed by atoms with van der Waals surface area (Å²) in [6.45, 7) is 7.36. The number of carboxylic acids is 1. The van der Waals surface area contributed by atoms with Crippen molar-refractivity contribution in [2.45, 2.75) is 51.7 Å². The molecule has 0 fully saturated rings. The zero-order valence-electron chi connectivity index (χ0n) is 23.9. The van der Waals surface area contributed by atoms with Crippen LogP contribution in [-0.2, 0) is 20.7 Å². The zero-order chi connectivity index (χ0) is 29.5. The van der Waals surface area contributed by atoms with Gasteiger partial charge in [-0.2, -0.15) is 0 Å². The number of aromatic nitrogens is 1. The molecule has 41 heavy (non-hydrogen) atoms. The standard InChI is InChI=1S/C33H34N2O6/c1-20-14-15-28-26(16-20)21(18-35(28)32(39)41-33(2,3)4)17-29(30(36)37)34(5)31(38)40-19-27-24-12-8-6-10-22(24)23-11-7-9-13-25(23)27/h6-16,18,27,29H,17,19H2,1-5H3,(H,36,37)/t29-/m0/s1. The van der Waals surface area contributed by atoms with Crippen molar-refractivity contribution in [2.24, 2.45) is 0 Å². The number of aryl methyl sites for hydroxylation is 1. The van der Waals surface area contributed by atoms with Gasteiger partial charge in [-0.3, -0.25) is 9.47 Å². The highest BCUT2D eigenvalue weighted by Crippen LogP contribution is 2.44. The van der Waals surface area contributed by atoms with Crippen molar-refractivity contribution >= 4 is 29.1 Å². The molecule has 1 aliphatic rings. The number of rotatable bonds is 6. The molecule has 0 radical (unpaired) electrons. The van der Waals surface area contributed by atoms with Crippen LogP contribution in [0.2, 0.25) is 0 Å². The summed E-state index contributed by atoms with van der Waals surface area (Å²) in [6.07, 6.45) is 0.284. The monoisotopic (exact) mass is 554 g/mol. The van der Waals surface area contributed by atoms with Crippen LogP contribution in [0.5, 0.6) is 0 Å². The van der Waals surface area contributed by atoms with Gasteiger partial charge in [-0.25, -0.2) is 14.4 Å². The number of ether oxygens (including phenoxy) is 2. The second-order valence-corrected chi connectivity index (χ2v) is 11.5. The number of benzene rings is 3. The molecule has 4 aromatic rings. The number of amides is 1. The highest BCUT2D eigenvalue weighted by Gasteiger charge is 2.33. The van der Waals surface area contributed by atoms with E-state index in [1.165, 1.54) is 11.6 Å². The van der Waals surface area contributed by atoms with E-state index in [1.807, 2.05) is 61.5 Å². The van der Waals surface area contributed by atoms with Crippen molar-refractivity contribution < 1.29 is 29.0 Å². The Hall–Kier alpha value is -4.59. The number of aliphatic carboxylic acids is 1. The van der Waals surface area contributed by atoms with Crippen molar-refractivity contribution in [3.63, 3.8) is 0 Å². The molecule has 0 spiro atoms.